The number of rotatable bonds is 4. The summed E-state index contributed by atoms with van der Waals surface area (Å²) >= 11 is 0. The quantitative estimate of drug-likeness (QED) is 0.903. The average molecular weight is 288 g/mol. The van der Waals surface area contributed by atoms with E-state index in [2.05, 4.69) is 4.72 Å². The van der Waals surface area contributed by atoms with Crippen molar-refractivity contribution in [2.24, 2.45) is 0 Å². The first kappa shape index (κ1) is 13.9. The van der Waals surface area contributed by atoms with Crippen molar-refractivity contribution in [3.63, 3.8) is 0 Å². The predicted octanol–water partition coefficient (Wildman–Crippen LogP) is 2.26. The summed E-state index contributed by atoms with van der Waals surface area (Å²) in [7, 11) is -3.68. The summed E-state index contributed by atoms with van der Waals surface area (Å²) in [5, 5.41) is 17.7. The van der Waals surface area contributed by atoms with Crippen LogP contribution in [0, 0.1) is 11.3 Å². The third kappa shape index (κ3) is 3.28. The topological polar surface area (TPSA) is 90.2 Å². The van der Waals surface area contributed by atoms with Crippen molar-refractivity contribution in [2.75, 3.05) is 4.72 Å². The molecule has 0 heterocycles. The molecule has 0 aliphatic rings. The molecule has 0 radical (unpaired) electrons. The van der Waals surface area contributed by atoms with Crippen molar-refractivity contribution in [2.45, 2.75) is 11.3 Å². The standard InChI is InChI=1S/C14H12N2O3S/c15-10-9-11-1-3-12(4-2-11)16-20(18,19)14-7-5-13(17)6-8-14/h1-8,16-17H,9H2. The second-order valence-electron chi connectivity index (χ2n) is 4.13. The number of phenolic OH excluding ortho intramolecular Hbond substituents is 1. The molecule has 0 atom stereocenters. The van der Waals surface area contributed by atoms with E-state index >= 15 is 0 Å². The fraction of sp³-hybridized carbons (Fsp3) is 0.0714. The number of nitriles is 1. The minimum atomic E-state index is -3.68. The monoisotopic (exact) mass is 288 g/mol. The van der Waals surface area contributed by atoms with Crippen LogP contribution in [0.3, 0.4) is 0 Å². The summed E-state index contributed by atoms with van der Waals surface area (Å²) in [6, 6.07) is 13.9. The van der Waals surface area contributed by atoms with E-state index in [-0.39, 0.29) is 17.1 Å². The van der Waals surface area contributed by atoms with Crippen molar-refractivity contribution in [3.8, 4) is 11.8 Å². The third-order valence-corrected chi connectivity index (χ3v) is 4.03. The van der Waals surface area contributed by atoms with Crippen molar-refractivity contribution >= 4 is 15.7 Å². The number of anilines is 1. The maximum Gasteiger partial charge on any atom is 0.261 e. The fourth-order valence-electron chi connectivity index (χ4n) is 1.62. The van der Waals surface area contributed by atoms with Gasteiger partial charge in [-0.15, -0.1) is 0 Å². The highest BCUT2D eigenvalue weighted by molar-refractivity contribution is 7.92. The number of sulfonamides is 1. The van der Waals surface area contributed by atoms with E-state index in [1.807, 2.05) is 6.07 Å². The van der Waals surface area contributed by atoms with Gasteiger partial charge in [0.2, 0.25) is 0 Å². The maximum atomic E-state index is 12.1. The molecule has 0 amide bonds. The molecule has 2 N–H and O–H groups in total. The Morgan fingerprint density at radius 2 is 1.65 bits per heavy atom. The van der Waals surface area contributed by atoms with Crippen LogP contribution >= 0.6 is 0 Å². The average Bonchev–Trinajstić information content (AvgIpc) is 2.41. The number of benzene rings is 2. The van der Waals surface area contributed by atoms with E-state index in [1.54, 1.807) is 24.3 Å². The Labute approximate surface area is 117 Å². The second kappa shape index (κ2) is 5.63. The highest BCUT2D eigenvalue weighted by Crippen LogP contribution is 2.18. The number of hydrogen-bond donors (Lipinski definition) is 2. The Kier molecular flexibility index (Phi) is 3.91. The largest absolute Gasteiger partial charge is 0.508 e. The highest BCUT2D eigenvalue weighted by Gasteiger charge is 2.13. The summed E-state index contributed by atoms with van der Waals surface area (Å²) in [5.41, 5.74) is 1.24. The van der Waals surface area contributed by atoms with Gasteiger partial charge in [-0.1, -0.05) is 12.1 Å². The van der Waals surface area contributed by atoms with Gasteiger partial charge in [-0.25, -0.2) is 8.42 Å². The molecule has 2 aromatic carbocycles. The van der Waals surface area contributed by atoms with Gasteiger partial charge in [0.25, 0.3) is 10.0 Å². The Morgan fingerprint density at radius 1 is 1.05 bits per heavy atom. The molecule has 0 aliphatic carbocycles. The van der Waals surface area contributed by atoms with Crippen LogP contribution in [-0.4, -0.2) is 13.5 Å². The Balaban J connectivity index is 2.20. The van der Waals surface area contributed by atoms with Crippen LogP contribution in [-0.2, 0) is 16.4 Å². The molecule has 2 rings (SSSR count). The summed E-state index contributed by atoms with van der Waals surface area (Å²) in [6.07, 6.45) is 0.283. The van der Waals surface area contributed by atoms with Gasteiger partial charge in [-0.3, -0.25) is 4.72 Å². The molecule has 0 spiro atoms. The van der Waals surface area contributed by atoms with E-state index in [9.17, 15) is 8.42 Å². The molecule has 0 unspecified atom stereocenters. The van der Waals surface area contributed by atoms with Gasteiger partial charge < -0.3 is 5.11 Å². The number of hydrogen-bond acceptors (Lipinski definition) is 4. The molecule has 102 valence electrons. The molecule has 0 bridgehead atoms. The number of nitrogens with one attached hydrogen (secondary N) is 1. The molecule has 0 aromatic heterocycles. The summed E-state index contributed by atoms with van der Waals surface area (Å²) < 4.78 is 26.6. The zero-order valence-electron chi connectivity index (χ0n) is 10.4. The van der Waals surface area contributed by atoms with Gasteiger partial charge in [0, 0.05) is 5.69 Å². The Bertz CT molecular complexity index is 729. The Morgan fingerprint density at radius 3 is 2.20 bits per heavy atom. The van der Waals surface area contributed by atoms with Crippen LogP contribution in [0.4, 0.5) is 5.69 Å². The molecule has 6 heteroatoms. The van der Waals surface area contributed by atoms with E-state index < -0.39 is 10.0 Å². The predicted molar refractivity (Wildman–Crippen MR) is 74.7 cm³/mol. The molecule has 0 saturated carbocycles. The summed E-state index contributed by atoms with van der Waals surface area (Å²) in [6.45, 7) is 0. The number of nitrogens with zero attached hydrogens (tertiary/aromatic N) is 1. The van der Waals surface area contributed by atoms with Gasteiger partial charge >= 0.3 is 0 Å². The number of aromatic hydroxyl groups is 1. The Hall–Kier alpha value is -2.52. The molecule has 0 saturated heterocycles. The zero-order chi connectivity index (χ0) is 14.6. The maximum absolute atomic E-state index is 12.1. The molecular weight excluding hydrogens is 276 g/mol. The van der Waals surface area contributed by atoms with Gasteiger partial charge in [0.15, 0.2) is 0 Å². The van der Waals surface area contributed by atoms with Crippen LogP contribution in [0.25, 0.3) is 0 Å². The lowest BCUT2D eigenvalue weighted by molar-refractivity contribution is 0.475. The molecular formula is C14H12N2O3S. The molecule has 5 nitrogen and oxygen atoms in total. The van der Waals surface area contributed by atoms with Crippen LogP contribution in [0.1, 0.15) is 5.56 Å². The fourth-order valence-corrected chi connectivity index (χ4v) is 2.68. The molecule has 0 aliphatic heterocycles. The van der Waals surface area contributed by atoms with Gasteiger partial charge in [0.05, 0.1) is 17.4 Å². The lowest BCUT2D eigenvalue weighted by Gasteiger charge is -2.08. The van der Waals surface area contributed by atoms with E-state index in [0.717, 1.165) is 5.56 Å². The molecule has 2 aromatic rings. The minimum absolute atomic E-state index is 0.00445. The van der Waals surface area contributed by atoms with Crippen molar-refractivity contribution in [1.82, 2.24) is 0 Å². The smallest absolute Gasteiger partial charge is 0.261 e. The van der Waals surface area contributed by atoms with E-state index in [0.29, 0.717) is 5.69 Å². The second-order valence-corrected chi connectivity index (χ2v) is 5.81. The zero-order valence-corrected chi connectivity index (χ0v) is 11.3. The van der Waals surface area contributed by atoms with Crippen molar-refractivity contribution in [3.05, 3.63) is 54.1 Å². The van der Waals surface area contributed by atoms with Gasteiger partial charge in [-0.05, 0) is 42.0 Å². The van der Waals surface area contributed by atoms with Crippen LogP contribution < -0.4 is 4.72 Å². The first-order valence-electron chi connectivity index (χ1n) is 5.79. The van der Waals surface area contributed by atoms with Crippen molar-refractivity contribution in [1.29, 1.82) is 5.26 Å². The highest BCUT2D eigenvalue weighted by atomic mass is 32.2. The van der Waals surface area contributed by atoms with Crippen LogP contribution in [0.5, 0.6) is 5.75 Å². The van der Waals surface area contributed by atoms with Gasteiger partial charge in [-0.2, -0.15) is 5.26 Å². The minimum Gasteiger partial charge on any atom is -0.508 e. The van der Waals surface area contributed by atoms with Crippen LogP contribution in [0.2, 0.25) is 0 Å². The van der Waals surface area contributed by atoms with E-state index in [1.165, 1.54) is 24.3 Å². The molecule has 20 heavy (non-hydrogen) atoms. The first-order valence-corrected chi connectivity index (χ1v) is 7.27. The van der Waals surface area contributed by atoms with Crippen molar-refractivity contribution < 1.29 is 13.5 Å². The normalized spacial score (nSPS) is 10.8. The SMILES string of the molecule is N#CCc1ccc(NS(=O)(=O)c2ccc(O)cc2)cc1. The van der Waals surface area contributed by atoms with Gasteiger partial charge in [0.1, 0.15) is 5.75 Å². The van der Waals surface area contributed by atoms with E-state index in [4.69, 9.17) is 10.4 Å². The summed E-state index contributed by atoms with van der Waals surface area (Å²) in [4.78, 5) is 0.0661. The number of phenols is 1. The van der Waals surface area contributed by atoms with Crippen LogP contribution in [0.15, 0.2) is 53.4 Å². The lowest BCUT2D eigenvalue weighted by atomic mass is 10.1. The third-order valence-electron chi connectivity index (χ3n) is 2.64. The molecule has 0 fully saturated rings. The summed E-state index contributed by atoms with van der Waals surface area (Å²) in [5.74, 6) is 0.00445. The lowest BCUT2D eigenvalue weighted by Crippen LogP contribution is -2.12. The first-order chi connectivity index (χ1) is 9.51.